The molecule has 0 heterocycles. The molecular weight excluding hydrogens is 202 g/mol. The van der Waals surface area contributed by atoms with E-state index in [2.05, 4.69) is 12.2 Å². The van der Waals surface area contributed by atoms with Gasteiger partial charge in [-0.1, -0.05) is 19.4 Å². The van der Waals surface area contributed by atoms with Gasteiger partial charge in [-0.3, -0.25) is 4.79 Å². The summed E-state index contributed by atoms with van der Waals surface area (Å²) in [6.07, 6.45) is 2.00. The lowest BCUT2D eigenvalue weighted by molar-refractivity contribution is 0.0950. The van der Waals surface area contributed by atoms with Crippen LogP contribution in [0.3, 0.4) is 0 Å². The van der Waals surface area contributed by atoms with Crippen LogP contribution >= 0.6 is 0 Å². The van der Waals surface area contributed by atoms with Gasteiger partial charge in [0.15, 0.2) is 0 Å². The molecule has 0 spiro atoms. The molecule has 1 rings (SSSR count). The molecule has 0 aromatic heterocycles. The molecule has 1 amide bonds. The van der Waals surface area contributed by atoms with Crippen LogP contribution < -0.4 is 5.32 Å². The van der Waals surface area contributed by atoms with Crippen molar-refractivity contribution in [3.8, 4) is 5.75 Å². The Hall–Kier alpha value is -1.51. The first kappa shape index (κ1) is 12.6. The highest BCUT2D eigenvalue weighted by Crippen LogP contribution is 2.23. The van der Waals surface area contributed by atoms with E-state index in [1.807, 2.05) is 13.0 Å². The summed E-state index contributed by atoms with van der Waals surface area (Å²) in [4.78, 5) is 11.8. The fourth-order valence-electron chi connectivity index (χ4n) is 1.61. The molecule has 0 aliphatic heterocycles. The van der Waals surface area contributed by atoms with Crippen molar-refractivity contribution in [2.45, 2.75) is 33.6 Å². The van der Waals surface area contributed by atoms with E-state index in [1.54, 1.807) is 13.0 Å². The Balaban J connectivity index is 2.82. The number of rotatable bonds is 4. The van der Waals surface area contributed by atoms with Crippen LogP contribution in [0.4, 0.5) is 0 Å². The van der Waals surface area contributed by atoms with Gasteiger partial charge in [-0.2, -0.15) is 0 Å². The first-order valence-corrected chi connectivity index (χ1v) is 5.64. The van der Waals surface area contributed by atoms with Crippen molar-refractivity contribution in [3.63, 3.8) is 0 Å². The second-order valence-corrected chi connectivity index (χ2v) is 4.09. The van der Waals surface area contributed by atoms with Gasteiger partial charge >= 0.3 is 0 Å². The van der Waals surface area contributed by atoms with E-state index in [-0.39, 0.29) is 11.7 Å². The highest BCUT2D eigenvalue weighted by molar-refractivity contribution is 5.97. The van der Waals surface area contributed by atoms with Crippen molar-refractivity contribution < 1.29 is 9.90 Å². The second kappa shape index (κ2) is 5.54. The van der Waals surface area contributed by atoms with E-state index in [1.165, 1.54) is 0 Å². The Morgan fingerprint density at radius 2 is 2.06 bits per heavy atom. The summed E-state index contributed by atoms with van der Waals surface area (Å²) in [5.74, 6) is -0.114. The molecule has 0 aliphatic carbocycles. The third kappa shape index (κ3) is 2.99. The summed E-state index contributed by atoms with van der Waals surface area (Å²) in [6.45, 7) is 6.43. The zero-order valence-electron chi connectivity index (χ0n) is 10.1. The quantitative estimate of drug-likeness (QED) is 0.768. The van der Waals surface area contributed by atoms with E-state index >= 15 is 0 Å². The highest BCUT2D eigenvalue weighted by atomic mass is 16.3. The van der Waals surface area contributed by atoms with Crippen molar-refractivity contribution in [1.82, 2.24) is 5.32 Å². The third-order valence-corrected chi connectivity index (χ3v) is 2.51. The van der Waals surface area contributed by atoms with Crippen LogP contribution in [-0.2, 0) is 0 Å². The number of nitrogens with one attached hydrogen (secondary N) is 1. The Morgan fingerprint density at radius 1 is 1.38 bits per heavy atom. The first-order valence-electron chi connectivity index (χ1n) is 5.64. The van der Waals surface area contributed by atoms with Gasteiger partial charge in [-0.15, -0.1) is 0 Å². The Morgan fingerprint density at radius 3 is 2.69 bits per heavy atom. The van der Waals surface area contributed by atoms with Crippen molar-refractivity contribution in [2.75, 3.05) is 6.54 Å². The minimum absolute atomic E-state index is 0.0830. The van der Waals surface area contributed by atoms with Gasteiger partial charge in [0.1, 0.15) is 5.75 Å². The molecule has 16 heavy (non-hydrogen) atoms. The molecule has 3 nitrogen and oxygen atoms in total. The molecule has 1 aromatic carbocycles. The Bertz CT molecular complexity index is 386. The summed E-state index contributed by atoms with van der Waals surface area (Å²) < 4.78 is 0. The number of carbonyl (C=O) groups is 1. The molecule has 0 bridgehead atoms. The minimum atomic E-state index is -0.197. The number of hydrogen-bond acceptors (Lipinski definition) is 2. The molecule has 0 radical (unpaired) electrons. The number of phenols is 1. The Labute approximate surface area is 96.5 Å². The zero-order chi connectivity index (χ0) is 12.1. The maximum atomic E-state index is 11.8. The molecule has 0 unspecified atom stereocenters. The van der Waals surface area contributed by atoms with Gasteiger partial charge in [0.05, 0.1) is 5.56 Å². The lowest BCUT2D eigenvalue weighted by Crippen LogP contribution is -2.24. The van der Waals surface area contributed by atoms with Crippen LogP contribution in [0.2, 0.25) is 0 Å². The standard InChI is InChI=1S/C13H19NO2/c1-4-5-6-14-13(16)11-8-9(2)7-10(3)12(11)15/h7-8,15H,4-6H2,1-3H3,(H,14,16). The van der Waals surface area contributed by atoms with Crippen molar-refractivity contribution in [3.05, 3.63) is 28.8 Å². The van der Waals surface area contributed by atoms with E-state index in [9.17, 15) is 9.90 Å². The molecule has 3 heteroatoms. The lowest BCUT2D eigenvalue weighted by Gasteiger charge is -2.09. The number of carbonyl (C=O) groups excluding carboxylic acids is 1. The van der Waals surface area contributed by atoms with Gasteiger partial charge in [0, 0.05) is 6.54 Å². The monoisotopic (exact) mass is 221 g/mol. The average molecular weight is 221 g/mol. The topological polar surface area (TPSA) is 49.3 Å². The van der Waals surface area contributed by atoms with Crippen LogP contribution in [0, 0.1) is 13.8 Å². The van der Waals surface area contributed by atoms with Crippen LogP contribution in [-0.4, -0.2) is 17.6 Å². The van der Waals surface area contributed by atoms with Crippen molar-refractivity contribution in [2.24, 2.45) is 0 Å². The maximum Gasteiger partial charge on any atom is 0.255 e. The summed E-state index contributed by atoms with van der Waals surface area (Å²) in [6, 6.07) is 3.57. The predicted molar refractivity (Wildman–Crippen MR) is 64.8 cm³/mol. The average Bonchev–Trinajstić information content (AvgIpc) is 2.23. The van der Waals surface area contributed by atoms with E-state index < -0.39 is 0 Å². The number of amides is 1. The number of hydrogen-bond donors (Lipinski definition) is 2. The smallest absolute Gasteiger partial charge is 0.255 e. The first-order chi connectivity index (χ1) is 7.56. The minimum Gasteiger partial charge on any atom is -0.507 e. The van der Waals surface area contributed by atoms with E-state index in [0.29, 0.717) is 12.1 Å². The van der Waals surface area contributed by atoms with E-state index in [4.69, 9.17) is 0 Å². The number of unbranched alkanes of at least 4 members (excludes halogenated alkanes) is 1. The molecule has 2 N–H and O–H groups in total. The summed E-state index contributed by atoms with van der Waals surface area (Å²) in [5.41, 5.74) is 2.09. The molecule has 0 saturated heterocycles. The van der Waals surface area contributed by atoms with Gasteiger partial charge in [-0.25, -0.2) is 0 Å². The third-order valence-electron chi connectivity index (χ3n) is 2.51. The number of benzene rings is 1. The zero-order valence-corrected chi connectivity index (χ0v) is 10.1. The molecular formula is C13H19NO2. The van der Waals surface area contributed by atoms with Crippen LogP contribution in [0.15, 0.2) is 12.1 Å². The van der Waals surface area contributed by atoms with Gasteiger partial charge in [-0.05, 0) is 37.5 Å². The molecule has 0 atom stereocenters. The molecule has 0 aliphatic rings. The summed E-state index contributed by atoms with van der Waals surface area (Å²) in [5, 5.41) is 12.6. The van der Waals surface area contributed by atoms with Gasteiger partial charge in [0.2, 0.25) is 0 Å². The predicted octanol–water partition coefficient (Wildman–Crippen LogP) is 2.54. The second-order valence-electron chi connectivity index (χ2n) is 4.09. The van der Waals surface area contributed by atoms with Gasteiger partial charge < -0.3 is 10.4 Å². The molecule has 1 aromatic rings. The van der Waals surface area contributed by atoms with Crippen molar-refractivity contribution >= 4 is 5.91 Å². The fourth-order valence-corrected chi connectivity index (χ4v) is 1.61. The number of phenolic OH excluding ortho intramolecular Hbond substituents is 1. The molecule has 0 saturated carbocycles. The molecule has 88 valence electrons. The molecule has 0 fully saturated rings. The largest absolute Gasteiger partial charge is 0.507 e. The number of aryl methyl sites for hydroxylation is 2. The maximum absolute atomic E-state index is 11.8. The van der Waals surface area contributed by atoms with Crippen LogP contribution in [0.1, 0.15) is 41.3 Å². The fraction of sp³-hybridized carbons (Fsp3) is 0.462. The number of aromatic hydroxyl groups is 1. The lowest BCUT2D eigenvalue weighted by atomic mass is 10.1. The van der Waals surface area contributed by atoms with Crippen LogP contribution in [0.5, 0.6) is 5.75 Å². The Kier molecular flexibility index (Phi) is 4.35. The van der Waals surface area contributed by atoms with Crippen molar-refractivity contribution in [1.29, 1.82) is 0 Å². The van der Waals surface area contributed by atoms with Crippen LogP contribution in [0.25, 0.3) is 0 Å². The summed E-state index contributed by atoms with van der Waals surface area (Å²) >= 11 is 0. The normalized spacial score (nSPS) is 10.2. The SMILES string of the molecule is CCCCNC(=O)c1cc(C)cc(C)c1O. The highest BCUT2D eigenvalue weighted by Gasteiger charge is 2.12. The van der Waals surface area contributed by atoms with E-state index in [0.717, 1.165) is 24.0 Å². The van der Waals surface area contributed by atoms with Gasteiger partial charge in [0.25, 0.3) is 5.91 Å². The summed E-state index contributed by atoms with van der Waals surface area (Å²) in [7, 11) is 0.